The summed E-state index contributed by atoms with van der Waals surface area (Å²) >= 11 is 0. The predicted molar refractivity (Wildman–Crippen MR) is 102 cm³/mol. The van der Waals surface area contributed by atoms with Crippen LogP contribution in [-0.4, -0.2) is 38.8 Å². The molecule has 5 heteroatoms. The van der Waals surface area contributed by atoms with E-state index in [-0.39, 0.29) is 5.82 Å². The number of guanidine groups is 1. The van der Waals surface area contributed by atoms with E-state index in [1.54, 1.807) is 6.07 Å². The van der Waals surface area contributed by atoms with E-state index < -0.39 is 0 Å². The first-order valence-electron chi connectivity index (χ1n) is 9.43. The van der Waals surface area contributed by atoms with Crippen molar-refractivity contribution < 1.29 is 9.13 Å². The lowest BCUT2D eigenvalue weighted by molar-refractivity contribution is 0.129. The van der Waals surface area contributed by atoms with Crippen molar-refractivity contribution in [2.75, 3.05) is 32.8 Å². The van der Waals surface area contributed by atoms with Crippen LogP contribution in [0.2, 0.25) is 0 Å². The molecule has 0 bridgehead atoms. The van der Waals surface area contributed by atoms with Gasteiger partial charge in [0.05, 0.1) is 0 Å². The molecule has 4 nitrogen and oxygen atoms in total. The van der Waals surface area contributed by atoms with Crippen LogP contribution in [0.3, 0.4) is 0 Å². The Kier molecular flexibility index (Phi) is 7.69. The second kappa shape index (κ2) is 9.76. The molecular weight excluding hydrogens is 317 g/mol. The Bertz CT molecular complexity index is 570. The molecule has 1 aromatic carbocycles. The van der Waals surface area contributed by atoms with Gasteiger partial charge in [-0.15, -0.1) is 0 Å². The monoisotopic (exact) mass is 349 g/mol. The zero-order valence-electron chi connectivity index (χ0n) is 15.8. The normalized spacial score (nSPS) is 15.9. The van der Waals surface area contributed by atoms with E-state index in [0.717, 1.165) is 57.2 Å². The minimum Gasteiger partial charge on any atom is -0.382 e. The van der Waals surface area contributed by atoms with Gasteiger partial charge in [0.2, 0.25) is 0 Å². The van der Waals surface area contributed by atoms with Crippen LogP contribution < -0.4 is 10.6 Å². The van der Waals surface area contributed by atoms with Crippen LogP contribution in [0.4, 0.5) is 4.39 Å². The molecule has 0 atom stereocenters. The minimum absolute atomic E-state index is 0.175. The van der Waals surface area contributed by atoms with Gasteiger partial charge in [0.15, 0.2) is 5.96 Å². The average Bonchev–Trinajstić information content (AvgIpc) is 3.35. The first kappa shape index (κ1) is 19.7. The van der Waals surface area contributed by atoms with Crippen LogP contribution >= 0.6 is 0 Å². The summed E-state index contributed by atoms with van der Waals surface area (Å²) in [4.78, 5) is 4.77. The maximum atomic E-state index is 13.2. The predicted octanol–water partition coefficient (Wildman–Crippen LogP) is 3.44. The van der Waals surface area contributed by atoms with Gasteiger partial charge in [-0.1, -0.05) is 6.07 Å². The molecule has 25 heavy (non-hydrogen) atoms. The molecule has 0 heterocycles. The number of hydrogen-bond acceptors (Lipinski definition) is 2. The van der Waals surface area contributed by atoms with Crippen LogP contribution in [0.1, 0.15) is 44.2 Å². The summed E-state index contributed by atoms with van der Waals surface area (Å²) in [7, 11) is 0. The van der Waals surface area contributed by atoms with Gasteiger partial charge >= 0.3 is 0 Å². The van der Waals surface area contributed by atoms with Crippen molar-refractivity contribution >= 4 is 5.96 Å². The van der Waals surface area contributed by atoms with Crippen molar-refractivity contribution in [3.05, 3.63) is 35.1 Å². The number of nitrogens with zero attached hydrogens (tertiary/aromatic N) is 1. The molecule has 0 saturated heterocycles. The highest BCUT2D eigenvalue weighted by Gasteiger charge is 2.41. The fraction of sp³-hybridized carbons (Fsp3) is 0.650. The molecule has 1 saturated carbocycles. The fourth-order valence-electron chi connectivity index (χ4n) is 2.94. The van der Waals surface area contributed by atoms with Crippen molar-refractivity contribution in [1.29, 1.82) is 0 Å². The van der Waals surface area contributed by atoms with Crippen LogP contribution in [-0.2, 0) is 11.2 Å². The van der Waals surface area contributed by atoms with Gasteiger partial charge in [-0.3, -0.25) is 4.99 Å². The first-order valence-corrected chi connectivity index (χ1v) is 9.43. The molecule has 2 N–H and O–H groups in total. The van der Waals surface area contributed by atoms with E-state index in [1.165, 1.54) is 24.5 Å². The highest BCUT2D eigenvalue weighted by Crippen LogP contribution is 2.48. The Hall–Kier alpha value is -1.62. The van der Waals surface area contributed by atoms with Crippen LogP contribution in [0.15, 0.2) is 23.2 Å². The smallest absolute Gasteiger partial charge is 0.191 e. The van der Waals surface area contributed by atoms with Gasteiger partial charge in [0, 0.05) is 32.8 Å². The van der Waals surface area contributed by atoms with Gasteiger partial charge < -0.3 is 15.4 Å². The van der Waals surface area contributed by atoms with Gasteiger partial charge in [-0.2, -0.15) is 0 Å². The topological polar surface area (TPSA) is 45.7 Å². The summed E-state index contributed by atoms with van der Waals surface area (Å²) in [6.07, 6.45) is 4.44. The molecule has 140 valence electrons. The van der Waals surface area contributed by atoms with Crippen LogP contribution in [0.5, 0.6) is 0 Å². The van der Waals surface area contributed by atoms with Crippen molar-refractivity contribution in [2.24, 2.45) is 10.4 Å². The molecule has 0 spiro atoms. The number of ether oxygens (including phenoxy) is 1. The summed E-state index contributed by atoms with van der Waals surface area (Å²) in [5.74, 6) is 0.691. The summed E-state index contributed by atoms with van der Waals surface area (Å²) in [6.45, 7) is 10.2. The summed E-state index contributed by atoms with van der Waals surface area (Å²) < 4.78 is 18.7. The van der Waals surface area contributed by atoms with E-state index in [2.05, 4.69) is 17.6 Å². The van der Waals surface area contributed by atoms with Crippen molar-refractivity contribution in [3.8, 4) is 0 Å². The Morgan fingerprint density at radius 1 is 1.28 bits per heavy atom. The van der Waals surface area contributed by atoms with E-state index in [0.29, 0.717) is 5.41 Å². The number of aliphatic imine (C=N–C) groups is 1. The molecule has 1 aliphatic carbocycles. The number of benzene rings is 1. The average molecular weight is 349 g/mol. The number of rotatable bonds is 10. The van der Waals surface area contributed by atoms with E-state index in [4.69, 9.17) is 9.73 Å². The summed E-state index contributed by atoms with van der Waals surface area (Å²) in [6, 6.07) is 4.98. The third-order valence-electron chi connectivity index (χ3n) is 4.85. The number of hydrogen-bond donors (Lipinski definition) is 2. The molecule has 0 aromatic heterocycles. The van der Waals surface area contributed by atoms with Gasteiger partial charge in [-0.25, -0.2) is 4.39 Å². The standard InChI is InChI=1S/C20H32FN3O/c1-4-22-19(24-15-20(9-10-20)11-13-25-5-2)23-12-8-17-6-7-18(21)14-16(17)3/h6-7,14H,4-5,8-13,15H2,1-3H3,(H2,22,23,24). The van der Waals surface area contributed by atoms with Crippen molar-refractivity contribution in [1.82, 2.24) is 10.6 Å². The molecule has 1 aromatic rings. The second-order valence-electron chi connectivity index (χ2n) is 6.89. The summed E-state index contributed by atoms with van der Waals surface area (Å²) in [5.41, 5.74) is 2.52. The Morgan fingerprint density at radius 3 is 2.72 bits per heavy atom. The molecule has 0 radical (unpaired) electrons. The quantitative estimate of drug-likeness (QED) is 0.386. The molecule has 1 aliphatic rings. The SMILES string of the molecule is CCNC(=NCC1(CCOCC)CC1)NCCc1ccc(F)cc1C. The lowest BCUT2D eigenvalue weighted by atomic mass is 10.0. The molecular formula is C20H32FN3O. The minimum atomic E-state index is -0.175. The van der Waals surface area contributed by atoms with E-state index in [1.807, 2.05) is 19.9 Å². The second-order valence-corrected chi connectivity index (χ2v) is 6.89. The van der Waals surface area contributed by atoms with E-state index >= 15 is 0 Å². The third kappa shape index (κ3) is 6.65. The Morgan fingerprint density at radius 2 is 2.08 bits per heavy atom. The third-order valence-corrected chi connectivity index (χ3v) is 4.85. The van der Waals surface area contributed by atoms with Crippen LogP contribution in [0.25, 0.3) is 0 Å². The number of halogens is 1. The van der Waals surface area contributed by atoms with Crippen LogP contribution in [0, 0.1) is 18.2 Å². The zero-order chi connectivity index (χ0) is 18.1. The lowest BCUT2D eigenvalue weighted by Crippen LogP contribution is -2.38. The molecule has 1 fully saturated rings. The lowest BCUT2D eigenvalue weighted by Gasteiger charge is -2.16. The summed E-state index contributed by atoms with van der Waals surface area (Å²) in [5, 5.41) is 6.70. The van der Waals surface area contributed by atoms with E-state index in [9.17, 15) is 4.39 Å². The largest absolute Gasteiger partial charge is 0.382 e. The molecule has 0 amide bonds. The van der Waals surface area contributed by atoms with Crippen molar-refractivity contribution in [3.63, 3.8) is 0 Å². The van der Waals surface area contributed by atoms with Crippen molar-refractivity contribution in [2.45, 2.75) is 46.5 Å². The molecule has 0 unspecified atom stereocenters. The van der Waals surface area contributed by atoms with Gasteiger partial charge in [0.1, 0.15) is 5.82 Å². The first-order chi connectivity index (χ1) is 12.1. The van der Waals surface area contributed by atoms with Gasteiger partial charge in [-0.05, 0) is 75.1 Å². The zero-order valence-corrected chi connectivity index (χ0v) is 15.8. The highest BCUT2D eigenvalue weighted by molar-refractivity contribution is 5.79. The number of nitrogens with one attached hydrogen (secondary N) is 2. The Labute approximate surface area is 151 Å². The molecule has 2 rings (SSSR count). The fourth-order valence-corrected chi connectivity index (χ4v) is 2.94. The maximum absolute atomic E-state index is 13.2. The molecule has 0 aliphatic heterocycles. The highest BCUT2D eigenvalue weighted by atomic mass is 19.1. The Balaban J connectivity index is 1.81. The number of aryl methyl sites for hydroxylation is 1. The van der Waals surface area contributed by atoms with Gasteiger partial charge in [0.25, 0.3) is 0 Å². The maximum Gasteiger partial charge on any atom is 0.191 e.